The molecule has 0 bridgehead atoms. The third-order valence-electron chi connectivity index (χ3n) is 10.6. The van der Waals surface area contributed by atoms with Gasteiger partial charge in [-0.25, -0.2) is 0 Å². The monoisotopic (exact) mass is 672 g/mol. The van der Waals surface area contributed by atoms with Gasteiger partial charge in [0.25, 0.3) is 0 Å². The van der Waals surface area contributed by atoms with Gasteiger partial charge in [-0.2, -0.15) is 0 Å². The second kappa shape index (κ2) is 20.5. The van der Waals surface area contributed by atoms with Crippen LogP contribution in [0.25, 0.3) is 0 Å². The smallest absolute Gasteiger partial charge is 0.0234 e. The molecule has 4 aromatic rings. The highest BCUT2D eigenvalue weighted by Gasteiger charge is 2.19. The van der Waals surface area contributed by atoms with E-state index >= 15 is 0 Å². The maximum absolute atomic E-state index is 2.75. The first-order chi connectivity index (χ1) is 24.7. The number of hydrogen-bond acceptors (Lipinski definition) is 6. The summed E-state index contributed by atoms with van der Waals surface area (Å²) in [6, 6.07) is 44.1. The molecule has 0 aliphatic carbocycles. The van der Waals surface area contributed by atoms with Gasteiger partial charge in [0.1, 0.15) is 0 Å². The fourth-order valence-corrected chi connectivity index (χ4v) is 7.48. The molecule has 2 saturated heterocycles. The number of rotatable bonds is 13. The molecule has 2 fully saturated rings. The normalized spacial score (nSPS) is 18.8. The molecular formula is C44H60N6. The van der Waals surface area contributed by atoms with E-state index in [1.165, 1.54) is 48.2 Å². The quantitative estimate of drug-likeness (QED) is 0.152. The Morgan fingerprint density at radius 2 is 0.460 bits per heavy atom. The fourth-order valence-electron chi connectivity index (χ4n) is 7.48. The van der Waals surface area contributed by atoms with Crippen molar-refractivity contribution in [2.75, 3.05) is 91.6 Å². The number of hydrogen-bond donors (Lipinski definition) is 0. The minimum atomic E-state index is 1.03. The van der Waals surface area contributed by atoms with Gasteiger partial charge in [0, 0.05) is 105 Å². The maximum atomic E-state index is 2.75. The second-order valence-electron chi connectivity index (χ2n) is 14.4. The van der Waals surface area contributed by atoms with E-state index in [-0.39, 0.29) is 0 Å². The lowest BCUT2D eigenvalue weighted by Gasteiger charge is -2.28. The van der Waals surface area contributed by atoms with Crippen molar-refractivity contribution >= 4 is 0 Å². The maximum Gasteiger partial charge on any atom is 0.0234 e. The number of benzene rings is 4. The topological polar surface area (TPSA) is 19.4 Å². The number of unbranched alkanes of at least 4 members (excludes halogenated alkanes) is 1. The zero-order valence-electron chi connectivity index (χ0n) is 30.4. The summed E-state index contributed by atoms with van der Waals surface area (Å²) < 4.78 is 0. The predicted molar refractivity (Wildman–Crippen MR) is 209 cm³/mol. The van der Waals surface area contributed by atoms with E-state index in [1.54, 1.807) is 0 Å². The van der Waals surface area contributed by atoms with E-state index in [0.29, 0.717) is 0 Å². The highest BCUT2D eigenvalue weighted by atomic mass is 15.3. The van der Waals surface area contributed by atoms with Crippen LogP contribution in [-0.4, -0.2) is 121 Å². The molecule has 4 aromatic carbocycles. The van der Waals surface area contributed by atoms with Crippen LogP contribution in [0.15, 0.2) is 121 Å². The van der Waals surface area contributed by atoms with Crippen molar-refractivity contribution < 1.29 is 0 Å². The molecule has 0 aromatic heterocycles. The Hall–Kier alpha value is -3.36. The van der Waals surface area contributed by atoms with Crippen LogP contribution in [0, 0.1) is 0 Å². The average molecular weight is 673 g/mol. The van der Waals surface area contributed by atoms with E-state index in [0.717, 1.165) is 105 Å². The van der Waals surface area contributed by atoms with Gasteiger partial charge in [0.05, 0.1) is 0 Å². The average Bonchev–Trinajstić information content (AvgIpc) is 3.31. The van der Waals surface area contributed by atoms with Gasteiger partial charge >= 0.3 is 0 Å². The summed E-state index contributed by atoms with van der Waals surface area (Å²) >= 11 is 0. The van der Waals surface area contributed by atoms with Crippen LogP contribution in [0.5, 0.6) is 0 Å². The molecule has 6 nitrogen and oxygen atoms in total. The summed E-state index contributed by atoms with van der Waals surface area (Å²) in [5.41, 5.74) is 5.67. The summed E-state index contributed by atoms with van der Waals surface area (Å²) in [7, 11) is 0. The molecular weight excluding hydrogens is 613 g/mol. The third-order valence-corrected chi connectivity index (χ3v) is 10.6. The van der Waals surface area contributed by atoms with Crippen molar-refractivity contribution in [3.63, 3.8) is 0 Å². The summed E-state index contributed by atoms with van der Waals surface area (Å²) in [6.07, 6.45) is 2.52. The van der Waals surface area contributed by atoms with Crippen LogP contribution in [-0.2, 0) is 26.2 Å². The zero-order chi connectivity index (χ0) is 34.1. The summed E-state index contributed by atoms with van der Waals surface area (Å²) in [4.78, 5) is 16.2. The van der Waals surface area contributed by atoms with Crippen molar-refractivity contribution in [2.45, 2.75) is 39.0 Å². The summed E-state index contributed by atoms with van der Waals surface area (Å²) in [5, 5.41) is 0. The Balaban J connectivity index is 1.03. The van der Waals surface area contributed by atoms with Crippen molar-refractivity contribution in [3.05, 3.63) is 144 Å². The standard InChI is InChI=1S/C44H60N6/c1-5-15-41(16-6-1)37-47-29-25-45(26-30-48(34-33-47)38-42-17-7-2-8-18-42)23-13-14-24-46-27-31-49(39-43-19-9-3-10-20-43)35-36-50(32-28-46)40-44-21-11-4-12-22-44/h1-12,15-22H,13-14,23-40H2. The van der Waals surface area contributed by atoms with Gasteiger partial charge in [-0.3, -0.25) is 19.6 Å². The minimum Gasteiger partial charge on any atom is -0.301 e. The SMILES string of the molecule is c1ccc(CN2CCN(CCCCN3CCN(Cc4ccccc4)CCN(Cc4ccccc4)CC3)CCN(Cc3ccccc3)CC2)cc1. The minimum absolute atomic E-state index is 1.03. The fraction of sp³-hybridized carbons (Fsp3) is 0.455. The molecule has 0 atom stereocenters. The molecule has 0 radical (unpaired) electrons. The van der Waals surface area contributed by atoms with Gasteiger partial charge in [-0.1, -0.05) is 121 Å². The molecule has 50 heavy (non-hydrogen) atoms. The first-order valence-corrected chi connectivity index (χ1v) is 19.2. The second-order valence-corrected chi connectivity index (χ2v) is 14.4. The third kappa shape index (κ3) is 12.8. The molecule has 2 heterocycles. The highest BCUT2D eigenvalue weighted by molar-refractivity contribution is 5.17. The zero-order valence-corrected chi connectivity index (χ0v) is 30.4. The Bertz CT molecular complexity index is 1230. The van der Waals surface area contributed by atoms with Crippen molar-refractivity contribution in [1.29, 1.82) is 0 Å². The Kier molecular flexibility index (Phi) is 14.9. The first kappa shape index (κ1) is 36.4. The van der Waals surface area contributed by atoms with Gasteiger partial charge in [0.15, 0.2) is 0 Å². The lowest BCUT2D eigenvalue weighted by atomic mass is 10.2. The first-order valence-electron chi connectivity index (χ1n) is 19.2. The van der Waals surface area contributed by atoms with E-state index in [1.807, 2.05) is 0 Å². The van der Waals surface area contributed by atoms with E-state index in [4.69, 9.17) is 0 Å². The van der Waals surface area contributed by atoms with Crippen molar-refractivity contribution in [3.8, 4) is 0 Å². The van der Waals surface area contributed by atoms with Crippen LogP contribution < -0.4 is 0 Å². The molecule has 0 N–H and O–H groups in total. The summed E-state index contributed by atoms with van der Waals surface area (Å²) in [6.45, 7) is 20.1. The van der Waals surface area contributed by atoms with Crippen LogP contribution in [0.3, 0.4) is 0 Å². The molecule has 2 aliphatic rings. The van der Waals surface area contributed by atoms with Gasteiger partial charge in [0.2, 0.25) is 0 Å². The molecule has 0 amide bonds. The lowest BCUT2D eigenvalue weighted by Crippen LogP contribution is -2.38. The van der Waals surface area contributed by atoms with Crippen molar-refractivity contribution in [2.24, 2.45) is 0 Å². The molecule has 0 saturated carbocycles. The van der Waals surface area contributed by atoms with Gasteiger partial charge in [-0.15, -0.1) is 0 Å². The molecule has 6 heteroatoms. The van der Waals surface area contributed by atoms with Gasteiger partial charge in [-0.05, 0) is 48.2 Å². The number of nitrogens with zero attached hydrogens (tertiary/aromatic N) is 6. The van der Waals surface area contributed by atoms with Crippen LogP contribution in [0.2, 0.25) is 0 Å². The highest BCUT2D eigenvalue weighted by Crippen LogP contribution is 2.13. The Labute approximate surface area is 302 Å². The van der Waals surface area contributed by atoms with Gasteiger partial charge < -0.3 is 9.80 Å². The van der Waals surface area contributed by atoms with Crippen LogP contribution in [0.1, 0.15) is 35.1 Å². The largest absolute Gasteiger partial charge is 0.301 e. The summed E-state index contributed by atoms with van der Waals surface area (Å²) in [5.74, 6) is 0. The molecule has 6 rings (SSSR count). The molecule has 2 aliphatic heterocycles. The predicted octanol–water partition coefficient (Wildman–Crippen LogP) is 6.41. The lowest BCUT2D eigenvalue weighted by molar-refractivity contribution is 0.195. The van der Waals surface area contributed by atoms with E-state index in [9.17, 15) is 0 Å². The van der Waals surface area contributed by atoms with Crippen molar-refractivity contribution in [1.82, 2.24) is 29.4 Å². The Morgan fingerprint density at radius 1 is 0.260 bits per heavy atom. The molecule has 266 valence electrons. The Morgan fingerprint density at radius 3 is 0.680 bits per heavy atom. The van der Waals surface area contributed by atoms with E-state index < -0.39 is 0 Å². The van der Waals surface area contributed by atoms with Crippen LogP contribution in [0.4, 0.5) is 0 Å². The van der Waals surface area contributed by atoms with Crippen LogP contribution >= 0.6 is 0 Å². The van der Waals surface area contributed by atoms with E-state index in [2.05, 4.69) is 151 Å². The molecule has 0 spiro atoms. The molecule has 0 unspecified atom stereocenters.